The lowest BCUT2D eigenvalue weighted by atomic mass is 10.1. The quantitative estimate of drug-likeness (QED) is 0.710. The van der Waals surface area contributed by atoms with E-state index in [1.807, 2.05) is 19.2 Å². The molecule has 1 heterocycles. The number of hydrogen-bond donors (Lipinski definition) is 2. The van der Waals surface area contributed by atoms with E-state index < -0.39 is 0 Å². The summed E-state index contributed by atoms with van der Waals surface area (Å²) in [5.41, 5.74) is 2.28. The Balaban J connectivity index is 2.06. The number of amides is 1. The van der Waals surface area contributed by atoms with Crippen LogP contribution in [0, 0.1) is 18.3 Å². The van der Waals surface area contributed by atoms with Crippen LogP contribution in [-0.2, 0) is 11.2 Å². The van der Waals surface area contributed by atoms with Crippen LogP contribution >= 0.6 is 11.8 Å². The molecule has 0 fully saturated rings. The maximum Gasteiger partial charge on any atom is 0.230 e. The number of nitrogens with one attached hydrogen (secondary N) is 2. The Morgan fingerprint density at radius 3 is 3.18 bits per heavy atom. The van der Waals surface area contributed by atoms with Crippen molar-refractivity contribution in [3.05, 3.63) is 17.5 Å². The lowest BCUT2D eigenvalue weighted by Gasteiger charge is -2.03. The minimum Gasteiger partial charge on any atom is -0.355 e. The van der Waals surface area contributed by atoms with Crippen LogP contribution in [0.5, 0.6) is 0 Å². The van der Waals surface area contributed by atoms with Crippen molar-refractivity contribution in [1.82, 2.24) is 15.5 Å². The first kappa shape index (κ1) is 13.6. The molecule has 0 bridgehead atoms. The van der Waals surface area contributed by atoms with Gasteiger partial charge in [-0.2, -0.15) is 10.4 Å². The fraction of sp³-hybridized carbons (Fsp3) is 0.545. The van der Waals surface area contributed by atoms with E-state index in [2.05, 4.69) is 15.5 Å². The summed E-state index contributed by atoms with van der Waals surface area (Å²) in [6, 6.07) is 1.99. The zero-order chi connectivity index (χ0) is 12.5. The SMILES string of the molecule is Cc1[nH]ncc1CCCNC(=O)CSCC#N. The minimum absolute atomic E-state index is 0.00540. The third-order valence-corrected chi connectivity index (χ3v) is 3.08. The molecule has 0 saturated heterocycles. The van der Waals surface area contributed by atoms with Crippen molar-refractivity contribution in [2.75, 3.05) is 18.1 Å². The largest absolute Gasteiger partial charge is 0.355 e. The second-order valence-electron chi connectivity index (χ2n) is 3.62. The molecule has 1 aromatic heterocycles. The first-order valence-corrected chi connectivity index (χ1v) is 6.59. The summed E-state index contributed by atoms with van der Waals surface area (Å²) >= 11 is 1.33. The van der Waals surface area contributed by atoms with Crippen LogP contribution in [0.1, 0.15) is 17.7 Å². The molecule has 92 valence electrons. The van der Waals surface area contributed by atoms with E-state index in [4.69, 9.17) is 5.26 Å². The van der Waals surface area contributed by atoms with Gasteiger partial charge in [0.15, 0.2) is 0 Å². The fourth-order valence-electron chi connectivity index (χ4n) is 1.37. The van der Waals surface area contributed by atoms with Gasteiger partial charge in [0.1, 0.15) is 0 Å². The van der Waals surface area contributed by atoms with Gasteiger partial charge in [-0.15, -0.1) is 11.8 Å². The van der Waals surface area contributed by atoms with Gasteiger partial charge in [-0.1, -0.05) is 0 Å². The predicted octanol–water partition coefficient (Wildman–Crippen LogP) is 1.02. The third kappa shape index (κ3) is 5.41. The lowest BCUT2D eigenvalue weighted by Crippen LogP contribution is -2.26. The number of aromatic nitrogens is 2. The standard InChI is InChI=1S/C11H16N4OS/c1-9-10(7-14-15-9)3-2-5-13-11(16)8-17-6-4-12/h7H,2-3,5-6,8H2,1H3,(H,13,16)(H,14,15). The van der Waals surface area contributed by atoms with Gasteiger partial charge in [0.05, 0.1) is 23.8 Å². The van der Waals surface area contributed by atoms with Gasteiger partial charge < -0.3 is 5.32 Å². The second kappa shape index (κ2) is 7.74. The van der Waals surface area contributed by atoms with Gasteiger partial charge in [-0.25, -0.2) is 0 Å². The smallest absolute Gasteiger partial charge is 0.230 e. The van der Waals surface area contributed by atoms with Crippen LogP contribution in [0.25, 0.3) is 0 Å². The number of hydrogen-bond acceptors (Lipinski definition) is 4. The van der Waals surface area contributed by atoms with Crippen LogP contribution < -0.4 is 5.32 Å². The maximum absolute atomic E-state index is 11.3. The molecule has 1 rings (SSSR count). The number of aryl methyl sites for hydroxylation is 2. The highest BCUT2D eigenvalue weighted by molar-refractivity contribution is 8.00. The van der Waals surface area contributed by atoms with Gasteiger partial charge in [-0.05, 0) is 25.3 Å². The summed E-state index contributed by atoms with van der Waals surface area (Å²) in [5, 5.41) is 18.0. The molecule has 1 aromatic rings. The summed E-state index contributed by atoms with van der Waals surface area (Å²) in [5.74, 6) is 0.717. The van der Waals surface area contributed by atoms with Crippen LogP contribution in [0.3, 0.4) is 0 Å². The Hall–Kier alpha value is -1.48. The zero-order valence-corrected chi connectivity index (χ0v) is 10.6. The van der Waals surface area contributed by atoms with E-state index in [1.54, 1.807) is 0 Å². The van der Waals surface area contributed by atoms with Crippen LogP contribution in [0.2, 0.25) is 0 Å². The van der Waals surface area contributed by atoms with Crippen LogP contribution in [0.4, 0.5) is 0 Å². The van der Waals surface area contributed by atoms with Crippen molar-refractivity contribution in [3.63, 3.8) is 0 Å². The van der Waals surface area contributed by atoms with Gasteiger partial charge in [0.2, 0.25) is 5.91 Å². The predicted molar refractivity (Wildman–Crippen MR) is 67.6 cm³/mol. The molecule has 0 aliphatic heterocycles. The lowest BCUT2D eigenvalue weighted by molar-refractivity contribution is -0.118. The number of thioether (sulfide) groups is 1. The zero-order valence-electron chi connectivity index (χ0n) is 9.82. The van der Waals surface area contributed by atoms with Gasteiger partial charge >= 0.3 is 0 Å². The van der Waals surface area contributed by atoms with E-state index in [0.717, 1.165) is 18.5 Å². The molecule has 1 amide bonds. The Morgan fingerprint density at radius 2 is 2.53 bits per heavy atom. The van der Waals surface area contributed by atoms with Crippen molar-refractivity contribution >= 4 is 17.7 Å². The maximum atomic E-state index is 11.3. The average molecular weight is 252 g/mol. The van der Waals surface area contributed by atoms with E-state index >= 15 is 0 Å². The minimum atomic E-state index is -0.00540. The molecule has 5 nitrogen and oxygen atoms in total. The summed E-state index contributed by atoms with van der Waals surface area (Å²) < 4.78 is 0. The number of carbonyl (C=O) groups excluding carboxylic acids is 1. The Kier molecular flexibility index (Phi) is 6.18. The van der Waals surface area contributed by atoms with Crippen molar-refractivity contribution < 1.29 is 4.79 Å². The molecule has 6 heteroatoms. The number of H-pyrrole nitrogens is 1. The molecule has 0 aliphatic carbocycles. The number of aromatic amines is 1. The fourth-order valence-corrected chi connectivity index (χ4v) is 1.86. The monoisotopic (exact) mass is 252 g/mol. The third-order valence-electron chi connectivity index (χ3n) is 2.28. The second-order valence-corrected chi connectivity index (χ2v) is 4.61. The first-order valence-electron chi connectivity index (χ1n) is 5.44. The van der Waals surface area contributed by atoms with E-state index in [9.17, 15) is 4.79 Å². The summed E-state index contributed by atoms with van der Waals surface area (Å²) in [6.07, 6.45) is 3.63. The van der Waals surface area contributed by atoms with Crippen molar-refractivity contribution in [2.24, 2.45) is 0 Å². The highest BCUT2D eigenvalue weighted by Gasteiger charge is 2.02. The molecule has 0 unspecified atom stereocenters. The molecule has 0 radical (unpaired) electrons. The number of carbonyl (C=O) groups is 1. The summed E-state index contributed by atoms with van der Waals surface area (Å²) in [4.78, 5) is 11.3. The molecular formula is C11H16N4OS. The number of nitriles is 1. The highest BCUT2D eigenvalue weighted by Crippen LogP contribution is 2.05. The molecule has 0 saturated carbocycles. The number of rotatable bonds is 7. The molecule has 0 atom stereocenters. The van der Waals surface area contributed by atoms with Crippen molar-refractivity contribution in [3.8, 4) is 6.07 Å². The molecule has 0 aliphatic rings. The average Bonchev–Trinajstić information content (AvgIpc) is 2.71. The van der Waals surface area contributed by atoms with E-state index in [0.29, 0.717) is 18.1 Å². The van der Waals surface area contributed by atoms with Gasteiger partial charge in [0.25, 0.3) is 0 Å². The Labute approximate surface area is 105 Å². The normalized spacial score (nSPS) is 9.88. The highest BCUT2D eigenvalue weighted by atomic mass is 32.2. The first-order chi connectivity index (χ1) is 8.24. The van der Waals surface area contributed by atoms with Crippen LogP contribution in [0.15, 0.2) is 6.20 Å². The van der Waals surface area contributed by atoms with Gasteiger partial charge in [0, 0.05) is 12.2 Å². The van der Waals surface area contributed by atoms with Crippen LogP contribution in [-0.4, -0.2) is 34.2 Å². The number of nitrogens with zero attached hydrogens (tertiary/aromatic N) is 2. The summed E-state index contributed by atoms with van der Waals surface area (Å²) in [7, 11) is 0. The molecular weight excluding hydrogens is 236 g/mol. The molecule has 17 heavy (non-hydrogen) atoms. The molecule has 2 N–H and O–H groups in total. The van der Waals surface area contributed by atoms with E-state index in [-0.39, 0.29) is 5.91 Å². The van der Waals surface area contributed by atoms with Crippen molar-refractivity contribution in [2.45, 2.75) is 19.8 Å². The van der Waals surface area contributed by atoms with Crippen molar-refractivity contribution in [1.29, 1.82) is 5.26 Å². The Bertz CT molecular complexity index is 396. The van der Waals surface area contributed by atoms with E-state index in [1.165, 1.54) is 17.3 Å². The molecule has 0 spiro atoms. The van der Waals surface area contributed by atoms with Gasteiger partial charge in [-0.3, -0.25) is 9.89 Å². The topological polar surface area (TPSA) is 81.6 Å². The Morgan fingerprint density at radius 1 is 1.71 bits per heavy atom. The molecule has 0 aromatic carbocycles. The summed E-state index contributed by atoms with van der Waals surface area (Å²) in [6.45, 7) is 2.65.